The monoisotopic (exact) mass is 152 g/mol. The van der Waals surface area contributed by atoms with Crippen molar-refractivity contribution in [1.29, 1.82) is 0 Å². The third-order valence-corrected chi connectivity index (χ3v) is 2.58. The van der Waals surface area contributed by atoms with Crippen molar-refractivity contribution in [3.05, 3.63) is 12.3 Å². The molecule has 0 radical (unpaired) electrons. The van der Waals surface area contributed by atoms with Gasteiger partial charge in [0.25, 0.3) is 0 Å². The fraction of sp³-hybridized carbons (Fsp3) is 0.625. The molecule has 2 rings (SSSR count). The minimum absolute atomic E-state index is 0.240. The topological polar surface area (TPSA) is 46.3 Å². The van der Waals surface area contributed by atoms with Crippen molar-refractivity contribution in [3.8, 4) is 0 Å². The van der Waals surface area contributed by atoms with E-state index in [0.29, 0.717) is 24.9 Å². The lowest BCUT2D eigenvalue weighted by Crippen LogP contribution is -2.55. The molecule has 2 atom stereocenters. The Labute approximate surface area is 65.9 Å². The molecule has 2 aliphatic rings. The summed E-state index contributed by atoms with van der Waals surface area (Å²) >= 11 is 0. The van der Waals surface area contributed by atoms with Crippen LogP contribution in [-0.4, -0.2) is 23.4 Å². The fourth-order valence-electron chi connectivity index (χ4n) is 1.80. The van der Waals surface area contributed by atoms with Gasteiger partial charge in [0.15, 0.2) is 0 Å². The van der Waals surface area contributed by atoms with Crippen LogP contribution in [0.15, 0.2) is 12.3 Å². The van der Waals surface area contributed by atoms with Gasteiger partial charge >= 0.3 is 0 Å². The van der Waals surface area contributed by atoms with Gasteiger partial charge in [0, 0.05) is 18.7 Å². The van der Waals surface area contributed by atoms with Crippen LogP contribution in [0.25, 0.3) is 0 Å². The summed E-state index contributed by atoms with van der Waals surface area (Å²) in [4.78, 5) is 12.8. The van der Waals surface area contributed by atoms with E-state index < -0.39 is 0 Å². The van der Waals surface area contributed by atoms with Gasteiger partial charge < -0.3 is 10.6 Å². The molecule has 0 aromatic heterocycles. The Morgan fingerprint density at radius 1 is 1.73 bits per heavy atom. The molecule has 2 N–H and O–H groups in total. The maximum Gasteiger partial charge on any atom is 0.228 e. The normalized spacial score (nSPS) is 35.0. The van der Waals surface area contributed by atoms with Crippen LogP contribution in [0.2, 0.25) is 0 Å². The molecule has 1 unspecified atom stereocenters. The van der Waals surface area contributed by atoms with Gasteiger partial charge in [-0.2, -0.15) is 0 Å². The minimum atomic E-state index is 0.240. The predicted molar refractivity (Wildman–Crippen MR) is 41.6 cm³/mol. The van der Waals surface area contributed by atoms with Crippen molar-refractivity contribution in [2.24, 2.45) is 11.7 Å². The molecule has 0 aliphatic carbocycles. The molecular formula is C8H12N2O. The average Bonchev–Trinajstić information content (AvgIpc) is 2.03. The van der Waals surface area contributed by atoms with E-state index >= 15 is 0 Å². The number of carbonyl (C=O) groups is 1. The molecule has 3 heteroatoms. The number of fused-ring (bicyclic) bond motifs is 1. The molecule has 0 aromatic carbocycles. The molecule has 1 fully saturated rings. The third kappa shape index (κ3) is 0.878. The Morgan fingerprint density at radius 3 is 3.18 bits per heavy atom. The van der Waals surface area contributed by atoms with Gasteiger partial charge in [-0.3, -0.25) is 4.79 Å². The summed E-state index contributed by atoms with van der Waals surface area (Å²) in [6.07, 6.45) is 5.66. The molecule has 2 aliphatic heterocycles. The van der Waals surface area contributed by atoms with E-state index in [1.165, 1.54) is 0 Å². The first-order chi connectivity index (χ1) is 5.33. The lowest BCUT2D eigenvalue weighted by molar-refractivity contribution is -0.144. The third-order valence-electron chi connectivity index (χ3n) is 2.58. The number of allylic oxidation sites excluding steroid dienone is 1. The van der Waals surface area contributed by atoms with Gasteiger partial charge in [-0.25, -0.2) is 0 Å². The maximum absolute atomic E-state index is 11.0. The van der Waals surface area contributed by atoms with E-state index in [1.54, 1.807) is 4.90 Å². The standard InChI is InChI=1S/C8H12N2O/c9-5-6-2-1-3-10-7(6)4-8(10)11/h1,3,6-7H,2,4-5,9H2/t6?,7-/m0/s1. The second-order valence-electron chi connectivity index (χ2n) is 3.19. The molecule has 60 valence electrons. The molecule has 3 nitrogen and oxygen atoms in total. The van der Waals surface area contributed by atoms with Crippen molar-refractivity contribution in [2.45, 2.75) is 18.9 Å². The number of amides is 1. The van der Waals surface area contributed by atoms with Crippen LogP contribution in [0.1, 0.15) is 12.8 Å². The number of rotatable bonds is 1. The van der Waals surface area contributed by atoms with Crippen molar-refractivity contribution in [2.75, 3.05) is 6.54 Å². The van der Waals surface area contributed by atoms with Crippen LogP contribution < -0.4 is 5.73 Å². The summed E-state index contributed by atoms with van der Waals surface area (Å²) in [5.74, 6) is 0.738. The quantitative estimate of drug-likeness (QED) is 0.541. The van der Waals surface area contributed by atoms with Crippen molar-refractivity contribution < 1.29 is 4.79 Å². The Balaban J connectivity index is 2.11. The van der Waals surface area contributed by atoms with E-state index in [2.05, 4.69) is 0 Å². The van der Waals surface area contributed by atoms with E-state index in [9.17, 15) is 4.79 Å². The summed E-state index contributed by atoms with van der Waals surface area (Å²) in [6.45, 7) is 0.693. The number of carbonyl (C=O) groups excluding carboxylic acids is 1. The van der Waals surface area contributed by atoms with E-state index in [1.807, 2.05) is 12.3 Å². The lowest BCUT2D eigenvalue weighted by atomic mass is 9.84. The minimum Gasteiger partial charge on any atom is -0.330 e. The molecule has 0 spiro atoms. The highest BCUT2D eigenvalue weighted by Gasteiger charge is 2.40. The predicted octanol–water partition coefficient (Wildman–Crippen LogP) is 0.0796. The summed E-state index contributed by atoms with van der Waals surface area (Å²) in [5, 5.41) is 0. The van der Waals surface area contributed by atoms with Gasteiger partial charge in [-0.1, -0.05) is 6.08 Å². The van der Waals surface area contributed by atoms with Crippen LogP contribution >= 0.6 is 0 Å². The summed E-state index contributed by atoms with van der Waals surface area (Å²) in [5.41, 5.74) is 5.56. The molecule has 2 heterocycles. The average molecular weight is 152 g/mol. The largest absolute Gasteiger partial charge is 0.330 e. The highest BCUT2D eigenvalue weighted by atomic mass is 16.2. The van der Waals surface area contributed by atoms with Gasteiger partial charge in [-0.05, 0) is 18.9 Å². The molecule has 1 amide bonds. The van der Waals surface area contributed by atoms with Gasteiger partial charge in [0.2, 0.25) is 5.91 Å². The maximum atomic E-state index is 11.0. The highest BCUT2D eigenvalue weighted by molar-refractivity contribution is 5.84. The molecule has 0 bridgehead atoms. The Hall–Kier alpha value is -0.830. The Morgan fingerprint density at radius 2 is 2.55 bits per heavy atom. The van der Waals surface area contributed by atoms with E-state index in [0.717, 1.165) is 6.42 Å². The van der Waals surface area contributed by atoms with Crippen LogP contribution in [0.3, 0.4) is 0 Å². The summed E-state index contributed by atoms with van der Waals surface area (Å²) in [6, 6.07) is 0.414. The number of nitrogens with two attached hydrogens (primary N) is 1. The Bertz CT molecular complexity index is 212. The van der Waals surface area contributed by atoms with Crippen molar-refractivity contribution in [1.82, 2.24) is 4.90 Å². The zero-order chi connectivity index (χ0) is 7.84. The van der Waals surface area contributed by atoms with Crippen molar-refractivity contribution in [3.63, 3.8) is 0 Å². The fourth-order valence-corrected chi connectivity index (χ4v) is 1.80. The summed E-state index contributed by atoms with van der Waals surface area (Å²) in [7, 11) is 0. The number of β-lactam (4-membered cyclic amide) rings is 1. The molecule has 0 saturated carbocycles. The second kappa shape index (κ2) is 2.34. The van der Waals surface area contributed by atoms with Crippen molar-refractivity contribution >= 4 is 5.91 Å². The zero-order valence-electron chi connectivity index (χ0n) is 6.36. The molecular weight excluding hydrogens is 140 g/mol. The SMILES string of the molecule is NCC1CC=CN2C(=O)C[C@@H]12. The first-order valence-electron chi connectivity index (χ1n) is 4.01. The second-order valence-corrected chi connectivity index (χ2v) is 3.19. The smallest absolute Gasteiger partial charge is 0.228 e. The molecule has 0 aromatic rings. The number of hydrogen-bond acceptors (Lipinski definition) is 2. The zero-order valence-corrected chi connectivity index (χ0v) is 6.36. The van der Waals surface area contributed by atoms with Gasteiger partial charge in [-0.15, -0.1) is 0 Å². The highest BCUT2D eigenvalue weighted by Crippen LogP contribution is 2.31. The summed E-state index contributed by atoms with van der Waals surface area (Å²) < 4.78 is 0. The van der Waals surface area contributed by atoms with Crippen LogP contribution in [0.5, 0.6) is 0 Å². The Kier molecular flexibility index (Phi) is 1.46. The molecule has 1 saturated heterocycles. The van der Waals surface area contributed by atoms with Crippen LogP contribution in [-0.2, 0) is 4.79 Å². The van der Waals surface area contributed by atoms with Crippen LogP contribution in [0, 0.1) is 5.92 Å². The molecule has 11 heavy (non-hydrogen) atoms. The number of hydrogen-bond donors (Lipinski definition) is 1. The first kappa shape index (κ1) is 6.85. The lowest BCUT2D eigenvalue weighted by Gasteiger charge is -2.44. The van der Waals surface area contributed by atoms with Gasteiger partial charge in [0.05, 0.1) is 0 Å². The van der Waals surface area contributed by atoms with E-state index in [-0.39, 0.29) is 5.91 Å². The first-order valence-corrected chi connectivity index (χ1v) is 4.01. The number of nitrogens with zero attached hydrogens (tertiary/aromatic N) is 1. The van der Waals surface area contributed by atoms with Crippen LogP contribution in [0.4, 0.5) is 0 Å². The van der Waals surface area contributed by atoms with Gasteiger partial charge in [0.1, 0.15) is 0 Å². The van der Waals surface area contributed by atoms with E-state index in [4.69, 9.17) is 5.73 Å².